The van der Waals surface area contributed by atoms with Crippen molar-refractivity contribution in [2.24, 2.45) is 0 Å². The van der Waals surface area contributed by atoms with E-state index in [1.54, 1.807) is 0 Å². The van der Waals surface area contributed by atoms with E-state index < -0.39 is 37.5 Å². The maximum atomic E-state index is 11.1. The van der Waals surface area contributed by atoms with Crippen molar-refractivity contribution in [3.8, 4) is 0 Å². The van der Waals surface area contributed by atoms with E-state index in [-0.39, 0.29) is 26.2 Å². The molecule has 0 aromatic rings. The number of ether oxygens (including phenoxy) is 2. The van der Waals surface area contributed by atoms with Crippen molar-refractivity contribution in [3.63, 3.8) is 0 Å². The Morgan fingerprint density at radius 3 is 1.94 bits per heavy atom. The van der Waals surface area contributed by atoms with E-state index in [4.69, 9.17) is 25.2 Å². The lowest BCUT2D eigenvalue weighted by Crippen LogP contribution is -2.27. The van der Waals surface area contributed by atoms with Crippen LogP contribution in [-0.4, -0.2) is 82.8 Å². The van der Waals surface area contributed by atoms with Crippen LogP contribution in [0.5, 0.6) is 0 Å². The molecule has 18 heavy (non-hydrogen) atoms. The SMILES string of the molecule is O=C(C[C@@H](O)COCC(O)CO)OCC(O)CO. The Kier molecular flexibility index (Phi) is 9.74. The lowest BCUT2D eigenvalue weighted by atomic mass is 10.3. The van der Waals surface area contributed by atoms with Gasteiger partial charge in [0.15, 0.2) is 0 Å². The summed E-state index contributed by atoms with van der Waals surface area (Å²) >= 11 is 0. The monoisotopic (exact) mass is 268 g/mol. The van der Waals surface area contributed by atoms with Crippen LogP contribution in [0.3, 0.4) is 0 Å². The molecule has 0 aliphatic heterocycles. The van der Waals surface area contributed by atoms with Gasteiger partial charge in [0.25, 0.3) is 0 Å². The highest BCUT2D eigenvalue weighted by Crippen LogP contribution is 1.98. The average molecular weight is 268 g/mol. The number of hydrogen-bond donors (Lipinski definition) is 5. The maximum Gasteiger partial charge on any atom is 0.308 e. The van der Waals surface area contributed by atoms with Crippen molar-refractivity contribution in [2.45, 2.75) is 24.7 Å². The fourth-order valence-electron chi connectivity index (χ4n) is 0.945. The Morgan fingerprint density at radius 1 is 0.889 bits per heavy atom. The van der Waals surface area contributed by atoms with E-state index >= 15 is 0 Å². The van der Waals surface area contributed by atoms with Crippen LogP contribution in [0, 0.1) is 0 Å². The number of rotatable bonds is 10. The van der Waals surface area contributed by atoms with Gasteiger partial charge >= 0.3 is 5.97 Å². The van der Waals surface area contributed by atoms with Crippen LogP contribution < -0.4 is 0 Å². The van der Waals surface area contributed by atoms with Gasteiger partial charge in [-0.1, -0.05) is 0 Å². The number of carbonyl (C=O) groups is 1. The molecule has 0 rings (SSSR count). The molecule has 0 bridgehead atoms. The third-order valence-corrected chi connectivity index (χ3v) is 1.88. The van der Waals surface area contributed by atoms with Crippen LogP contribution in [0.25, 0.3) is 0 Å². The fourth-order valence-corrected chi connectivity index (χ4v) is 0.945. The van der Waals surface area contributed by atoms with Gasteiger partial charge in [-0.2, -0.15) is 0 Å². The summed E-state index contributed by atoms with van der Waals surface area (Å²) in [5, 5.41) is 44.1. The van der Waals surface area contributed by atoms with Gasteiger partial charge in [0.2, 0.25) is 0 Å². The molecule has 8 heteroatoms. The molecule has 0 heterocycles. The van der Waals surface area contributed by atoms with Gasteiger partial charge in [0.1, 0.15) is 18.8 Å². The second-order valence-corrected chi connectivity index (χ2v) is 3.75. The van der Waals surface area contributed by atoms with Gasteiger partial charge in [0, 0.05) is 0 Å². The summed E-state index contributed by atoms with van der Waals surface area (Å²) in [7, 11) is 0. The third kappa shape index (κ3) is 9.28. The molecule has 0 saturated heterocycles. The maximum absolute atomic E-state index is 11.1. The van der Waals surface area contributed by atoms with Crippen molar-refractivity contribution >= 4 is 5.97 Å². The normalized spacial score (nSPS) is 16.1. The zero-order chi connectivity index (χ0) is 14.0. The van der Waals surface area contributed by atoms with Crippen molar-refractivity contribution in [2.75, 3.05) is 33.0 Å². The first kappa shape index (κ1) is 17.2. The first-order valence-corrected chi connectivity index (χ1v) is 5.48. The highest BCUT2D eigenvalue weighted by Gasteiger charge is 2.14. The predicted molar refractivity (Wildman–Crippen MR) is 58.6 cm³/mol. The molecular weight excluding hydrogens is 248 g/mol. The minimum absolute atomic E-state index is 0.147. The Balaban J connectivity index is 3.61. The molecule has 3 atom stereocenters. The number of esters is 1. The van der Waals surface area contributed by atoms with E-state index in [0.29, 0.717) is 0 Å². The Hall–Kier alpha value is -0.770. The van der Waals surface area contributed by atoms with Crippen LogP contribution >= 0.6 is 0 Å². The first-order chi connectivity index (χ1) is 8.49. The van der Waals surface area contributed by atoms with Gasteiger partial charge in [0.05, 0.1) is 39.0 Å². The molecule has 0 saturated carbocycles. The lowest BCUT2D eigenvalue weighted by molar-refractivity contribution is -0.150. The van der Waals surface area contributed by atoms with E-state index in [1.165, 1.54) is 0 Å². The second-order valence-electron chi connectivity index (χ2n) is 3.75. The molecule has 0 spiro atoms. The van der Waals surface area contributed by atoms with Crippen molar-refractivity contribution in [3.05, 3.63) is 0 Å². The summed E-state index contributed by atoms with van der Waals surface area (Å²) in [6.45, 7) is -1.64. The van der Waals surface area contributed by atoms with E-state index in [0.717, 1.165) is 0 Å². The molecule has 0 radical (unpaired) electrons. The molecule has 0 aliphatic rings. The van der Waals surface area contributed by atoms with Crippen LogP contribution in [0.15, 0.2) is 0 Å². The molecule has 2 unspecified atom stereocenters. The molecule has 8 nitrogen and oxygen atoms in total. The number of carbonyl (C=O) groups excluding carboxylic acids is 1. The highest BCUT2D eigenvalue weighted by atomic mass is 16.5. The Bertz CT molecular complexity index is 222. The molecule has 0 amide bonds. The Labute approximate surface area is 104 Å². The van der Waals surface area contributed by atoms with E-state index in [9.17, 15) is 9.90 Å². The molecule has 108 valence electrons. The van der Waals surface area contributed by atoms with Gasteiger partial charge in [-0.05, 0) is 0 Å². The molecule has 5 N–H and O–H groups in total. The van der Waals surface area contributed by atoms with Crippen LogP contribution in [0.2, 0.25) is 0 Å². The largest absolute Gasteiger partial charge is 0.463 e. The highest BCUT2D eigenvalue weighted by molar-refractivity contribution is 5.69. The zero-order valence-corrected chi connectivity index (χ0v) is 9.94. The zero-order valence-electron chi connectivity index (χ0n) is 9.94. The van der Waals surface area contributed by atoms with Crippen LogP contribution in [-0.2, 0) is 14.3 Å². The smallest absolute Gasteiger partial charge is 0.308 e. The summed E-state index contributed by atoms with van der Waals surface area (Å²) in [6, 6.07) is 0. The van der Waals surface area contributed by atoms with Gasteiger partial charge in [-0.3, -0.25) is 4.79 Å². The standard InChI is InChI=1S/C10H20O8/c11-2-8(14)5-17-4-7(13)1-10(16)18-6-9(15)3-12/h7-9,11-15H,1-6H2/t7-,8?,9?/m1/s1. The average Bonchev–Trinajstić information content (AvgIpc) is 2.35. The lowest BCUT2D eigenvalue weighted by Gasteiger charge is -2.13. The quantitative estimate of drug-likeness (QED) is 0.264. The number of aliphatic hydroxyl groups is 5. The predicted octanol–water partition coefficient (Wildman–Crippen LogP) is -3.00. The third-order valence-electron chi connectivity index (χ3n) is 1.88. The molecule has 0 aromatic carbocycles. The minimum Gasteiger partial charge on any atom is -0.463 e. The fraction of sp³-hybridized carbons (Fsp3) is 0.900. The summed E-state index contributed by atoms with van der Waals surface area (Å²) < 4.78 is 9.40. The van der Waals surface area contributed by atoms with Crippen LogP contribution in [0.1, 0.15) is 6.42 Å². The molecule has 0 aromatic heterocycles. The molecular formula is C10H20O8. The topological polar surface area (TPSA) is 137 Å². The summed E-state index contributed by atoms with van der Waals surface area (Å²) in [6.07, 6.45) is -3.59. The number of hydrogen-bond acceptors (Lipinski definition) is 8. The minimum atomic E-state index is -1.14. The van der Waals surface area contributed by atoms with Crippen molar-refractivity contribution in [1.82, 2.24) is 0 Å². The van der Waals surface area contributed by atoms with E-state index in [1.807, 2.05) is 0 Å². The summed E-state index contributed by atoms with van der Waals surface area (Å²) in [5.74, 6) is -0.735. The molecule has 0 aliphatic carbocycles. The summed E-state index contributed by atoms with van der Waals surface area (Å²) in [5.41, 5.74) is 0. The molecule has 0 fully saturated rings. The van der Waals surface area contributed by atoms with E-state index in [2.05, 4.69) is 4.74 Å². The first-order valence-electron chi connectivity index (χ1n) is 5.48. The van der Waals surface area contributed by atoms with Gasteiger partial charge < -0.3 is 35.0 Å². The van der Waals surface area contributed by atoms with Crippen LogP contribution in [0.4, 0.5) is 0 Å². The second kappa shape index (κ2) is 10.2. The number of aliphatic hydroxyl groups excluding tert-OH is 5. The van der Waals surface area contributed by atoms with Crippen molar-refractivity contribution in [1.29, 1.82) is 0 Å². The van der Waals surface area contributed by atoms with Gasteiger partial charge in [-0.15, -0.1) is 0 Å². The summed E-state index contributed by atoms with van der Waals surface area (Å²) in [4.78, 5) is 11.1. The van der Waals surface area contributed by atoms with Gasteiger partial charge in [-0.25, -0.2) is 0 Å². The van der Waals surface area contributed by atoms with Crippen molar-refractivity contribution < 1.29 is 39.8 Å². The Morgan fingerprint density at radius 2 is 1.39 bits per heavy atom.